The molecule has 3 rings (SSSR count). The smallest absolute Gasteiger partial charge is 0.0595 e. The highest BCUT2D eigenvalue weighted by Crippen LogP contribution is 2.38. The van der Waals surface area contributed by atoms with Gasteiger partial charge in [0.05, 0.1) is 10.0 Å². The number of halogens is 2. The molecular weight excluding hydrogens is 263 g/mol. The number of hydrogen-bond acceptors (Lipinski definition) is 0. The average Bonchev–Trinajstić information content (AvgIpc) is 2.41. The van der Waals surface area contributed by atoms with Crippen molar-refractivity contribution in [3.05, 3.63) is 69.2 Å². The molecule has 92 valence electrons. The van der Waals surface area contributed by atoms with Crippen molar-refractivity contribution in [3.63, 3.8) is 0 Å². The van der Waals surface area contributed by atoms with Crippen LogP contribution in [0.15, 0.2) is 42.5 Å². The van der Waals surface area contributed by atoms with Gasteiger partial charge in [0.2, 0.25) is 0 Å². The van der Waals surface area contributed by atoms with E-state index >= 15 is 0 Å². The Balaban J connectivity index is 2.05. The molecule has 0 saturated heterocycles. The van der Waals surface area contributed by atoms with Crippen LogP contribution in [0.2, 0.25) is 10.0 Å². The molecule has 0 nitrogen and oxygen atoms in total. The molecule has 0 radical (unpaired) electrons. The van der Waals surface area contributed by atoms with Crippen LogP contribution in [0.3, 0.4) is 0 Å². The van der Waals surface area contributed by atoms with Gasteiger partial charge in [0.1, 0.15) is 0 Å². The van der Waals surface area contributed by atoms with Gasteiger partial charge in [-0.1, -0.05) is 53.5 Å². The van der Waals surface area contributed by atoms with Crippen molar-refractivity contribution in [1.82, 2.24) is 0 Å². The second-order valence-electron chi connectivity index (χ2n) is 4.82. The molecule has 1 aliphatic carbocycles. The lowest BCUT2D eigenvalue weighted by Crippen LogP contribution is -2.10. The minimum atomic E-state index is 0.463. The van der Waals surface area contributed by atoms with Crippen LogP contribution in [0.5, 0.6) is 0 Å². The Kier molecular flexibility index (Phi) is 3.32. The lowest BCUT2D eigenvalue weighted by molar-refractivity contribution is 0.616. The molecule has 1 atom stereocenters. The Labute approximate surface area is 118 Å². The fourth-order valence-corrected chi connectivity index (χ4v) is 3.14. The zero-order valence-corrected chi connectivity index (χ0v) is 11.5. The van der Waals surface area contributed by atoms with Gasteiger partial charge in [0.15, 0.2) is 0 Å². The molecule has 0 heterocycles. The van der Waals surface area contributed by atoms with Crippen LogP contribution in [0.1, 0.15) is 35.4 Å². The van der Waals surface area contributed by atoms with Gasteiger partial charge in [0.25, 0.3) is 0 Å². The van der Waals surface area contributed by atoms with Crippen molar-refractivity contribution in [2.24, 2.45) is 0 Å². The van der Waals surface area contributed by atoms with E-state index in [1.807, 2.05) is 12.1 Å². The van der Waals surface area contributed by atoms with E-state index in [4.69, 9.17) is 23.2 Å². The average molecular weight is 277 g/mol. The summed E-state index contributed by atoms with van der Waals surface area (Å²) < 4.78 is 0. The number of benzene rings is 2. The summed E-state index contributed by atoms with van der Waals surface area (Å²) in [6.07, 6.45) is 3.62. The normalized spacial score (nSPS) is 18.4. The van der Waals surface area contributed by atoms with Gasteiger partial charge < -0.3 is 0 Å². The number of rotatable bonds is 1. The Morgan fingerprint density at radius 3 is 2.61 bits per heavy atom. The third-order valence-corrected chi connectivity index (χ3v) is 4.45. The highest BCUT2D eigenvalue weighted by Gasteiger charge is 2.21. The molecule has 0 unspecified atom stereocenters. The summed E-state index contributed by atoms with van der Waals surface area (Å²) in [5.74, 6) is 0.463. The van der Waals surface area contributed by atoms with Crippen LogP contribution < -0.4 is 0 Å². The minimum absolute atomic E-state index is 0.463. The summed E-state index contributed by atoms with van der Waals surface area (Å²) in [7, 11) is 0. The van der Waals surface area contributed by atoms with Gasteiger partial charge in [0, 0.05) is 5.92 Å². The lowest BCUT2D eigenvalue weighted by atomic mass is 9.79. The molecule has 1 aliphatic rings. The first-order valence-corrected chi connectivity index (χ1v) is 7.04. The molecule has 0 bridgehead atoms. The summed E-state index contributed by atoms with van der Waals surface area (Å²) in [5.41, 5.74) is 4.19. The summed E-state index contributed by atoms with van der Waals surface area (Å²) in [4.78, 5) is 0. The van der Waals surface area contributed by atoms with E-state index in [2.05, 4.69) is 30.3 Å². The minimum Gasteiger partial charge on any atom is -0.0827 e. The maximum Gasteiger partial charge on any atom is 0.0595 e. The first kappa shape index (κ1) is 12.1. The maximum atomic E-state index is 6.13. The Bertz CT molecular complexity index is 575. The van der Waals surface area contributed by atoms with E-state index in [1.54, 1.807) is 0 Å². The van der Waals surface area contributed by atoms with E-state index in [-0.39, 0.29) is 0 Å². The summed E-state index contributed by atoms with van der Waals surface area (Å²) in [5, 5.41) is 1.28. The Morgan fingerprint density at radius 1 is 0.944 bits per heavy atom. The van der Waals surface area contributed by atoms with E-state index in [1.165, 1.54) is 36.0 Å². The van der Waals surface area contributed by atoms with Crippen LogP contribution in [-0.4, -0.2) is 0 Å². The van der Waals surface area contributed by atoms with Gasteiger partial charge in [-0.05, 0) is 48.1 Å². The fraction of sp³-hybridized carbons (Fsp3) is 0.250. The molecule has 0 saturated carbocycles. The van der Waals surface area contributed by atoms with Gasteiger partial charge in [-0.25, -0.2) is 0 Å². The second-order valence-corrected chi connectivity index (χ2v) is 5.63. The van der Waals surface area contributed by atoms with E-state index < -0.39 is 0 Å². The van der Waals surface area contributed by atoms with Crippen molar-refractivity contribution in [2.45, 2.75) is 25.2 Å². The molecule has 0 aromatic heterocycles. The van der Waals surface area contributed by atoms with Crippen LogP contribution in [0, 0.1) is 0 Å². The summed E-state index contributed by atoms with van der Waals surface area (Å²) in [6.45, 7) is 0. The molecule has 18 heavy (non-hydrogen) atoms. The quantitative estimate of drug-likeness (QED) is 0.649. The fourth-order valence-electron chi connectivity index (χ4n) is 2.83. The Hall–Kier alpha value is -0.980. The molecule has 2 aromatic rings. The monoisotopic (exact) mass is 276 g/mol. The highest BCUT2D eigenvalue weighted by molar-refractivity contribution is 6.42. The number of fused-ring (bicyclic) bond motifs is 1. The largest absolute Gasteiger partial charge is 0.0827 e. The second kappa shape index (κ2) is 4.95. The van der Waals surface area contributed by atoms with Crippen LogP contribution in [0.4, 0.5) is 0 Å². The predicted octanol–water partition coefficient (Wildman–Crippen LogP) is 5.46. The van der Waals surface area contributed by atoms with Crippen LogP contribution in [-0.2, 0) is 6.42 Å². The number of aryl methyl sites for hydroxylation is 1. The third kappa shape index (κ3) is 2.15. The molecule has 0 amide bonds. The van der Waals surface area contributed by atoms with Gasteiger partial charge in [-0.3, -0.25) is 0 Å². The molecule has 0 N–H and O–H groups in total. The maximum absolute atomic E-state index is 6.13. The first-order chi connectivity index (χ1) is 8.75. The van der Waals surface area contributed by atoms with Crippen molar-refractivity contribution in [3.8, 4) is 0 Å². The lowest BCUT2D eigenvalue weighted by Gasteiger charge is -2.26. The predicted molar refractivity (Wildman–Crippen MR) is 77.7 cm³/mol. The van der Waals surface area contributed by atoms with Gasteiger partial charge in [-0.2, -0.15) is 0 Å². The van der Waals surface area contributed by atoms with Crippen molar-refractivity contribution >= 4 is 23.2 Å². The molecular formula is C16H14Cl2. The van der Waals surface area contributed by atoms with Crippen molar-refractivity contribution < 1.29 is 0 Å². The number of hydrogen-bond donors (Lipinski definition) is 0. The Morgan fingerprint density at radius 2 is 1.78 bits per heavy atom. The van der Waals surface area contributed by atoms with E-state index in [0.717, 1.165) is 0 Å². The van der Waals surface area contributed by atoms with Crippen LogP contribution in [0.25, 0.3) is 0 Å². The zero-order chi connectivity index (χ0) is 12.5. The first-order valence-electron chi connectivity index (χ1n) is 6.28. The summed E-state index contributed by atoms with van der Waals surface area (Å²) >= 11 is 12.1. The standard InChI is InChI=1S/C16H14Cl2/c17-15-9-8-12(10-16(15)18)14-7-3-5-11-4-1-2-6-13(11)14/h1-2,4,6,8-10,14H,3,5,7H2/t14-/m1/s1. The van der Waals surface area contributed by atoms with Crippen molar-refractivity contribution in [1.29, 1.82) is 0 Å². The molecule has 2 aromatic carbocycles. The summed E-state index contributed by atoms with van der Waals surface area (Å²) in [6, 6.07) is 14.7. The third-order valence-electron chi connectivity index (χ3n) is 3.72. The van der Waals surface area contributed by atoms with E-state index in [0.29, 0.717) is 16.0 Å². The molecule has 0 fully saturated rings. The molecule has 0 aliphatic heterocycles. The SMILES string of the molecule is Clc1ccc([C@H]2CCCc3ccccc32)cc1Cl. The van der Waals surface area contributed by atoms with Gasteiger partial charge in [-0.15, -0.1) is 0 Å². The topological polar surface area (TPSA) is 0 Å². The van der Waals surface area contributed by atoms with Crippen LogP contribution >= 0.6 is 23.2 Å². The molecule has 0 spiro atoms. The van der Waals surface area contributed by atoms with Crippen molar-refractivity contribution in [2.75, 3.05) is 0 Å². The zero-order valence-electron chi connectivity index (χ0n) is 10.00. The van der Waals surface area contributed by atoms with E-state index in [9.17, 15) is 0 Å². The molecule has 2 heteroatoms. The highest BCUT2D eigenvalue weighted by atomic mass is 35.5. The van der Waals surface area contributed by atoms with Gasteiger partial charge >= 0.3 is 0 Å².